The molecule has 0 bridgehead atoms. The van der Waals surface area contributed by atoms with Crippen LogP contribution in [0, 0.1) is 11.8 Å². The van der Waals surface area contributed by atoms with Crippen molar-refractivity contribution in [2.75, 3.05) is 72.5 Å². The van der Waals surface area contributed by atoms with Crippen molar-refractivity contribution in [3.8, 4) is 0 Å². The van der Waals surface area contributed by atoms with Crippen LogP contribution in [0.3, 0.4) is 0 Å². The fraction of sp³-hybridized carbons (Fsp3) is 0.825. The molecule has 23 heteroatoms. The highest BCUT2D eigenvalue weighted by Crippen LogP contribution is 2.18. The molecule has 0 saturated heterocycles. The summed E-state index contributed by atoms with van der Waals surface area (Å²) in [5.74, 6) is -8.21. The fourth-order valence-electron chi connectivity index (χ4n) is 8.38. The van der Waals surface area contributed by atoms with E-state index in [4.69, 9.17) is 35.5 Å². The Balaban J connectivity index is 5.05. The number of hydrogen-bond donors (Lipinski definition) is 9. The first kappa shape index (κ1) is 75.4. The second-order valence-electron chi connectivity index (χ2n) is 20.8. The smallest absolute Gasteiger partial charge is 0.306 e. The van der Waals surface area contributed by atoms with E-state index >= 15 is 0 Å². The Hall–Kier alpha value is -4.62. The number of carboxylic acid groups (broad SMARTS) is 3. The number of carboxylic acids is 3. The second-order valence-corrected chi connectivity index (χ2v) is 20.8. The van der Waals surface area contributed by atoms with Crippen LogP contribution < -0.4 is 33.0 Å². The number of ketones is 5. The largest absolute Gasteiger partial charge is 0.481 e. The molecular formula is C57H102N6O17. The molecule has 80 heavy (non-hydrogen) atoms. The van der Waals surface area contributed by atoms with E-state index in [-0.39, 0.29) is 121 Å². The summed E-state index contributed by atoms with van der Waals surface area (Å²) in [6, 6.07) is -3.90. The van der Waals surface area contributed by atoms with Gasteiger partial charge in [-0.2, -0.15) is 0 Å². The van der Waals surface area contributed by atoms with Crippen LogP contribution in [0.1, 0.15) is 200 Å². The first-order chi connectivity index (χ1) is 38.4. The summed E-state index contributed by atoms with van der Waals surface area (Å²) in [6.07, 6.45) is 16.1. The van der Waals surface area contributed by atoms with Gasteiger partial charge in [-0.25, -0.2) is 5.43 Å². The molecule has 0 aromatic heterocycles. The normalized spacial score (nSPS) is 12.9. The van der Waals surface area contributed by atoms with Crippen LogP contribution in [-0.4, -0.2) is 165 Å². The van der Waals surface area contributed by atoms with Crippen molar-refractivity contribution in [2.24, 2.45) is 23.3 Å². The third-order valence-electron chi connectivity index (χ3n) is 13.3. The summed E-state index contributed by atoms with van der Waals surface area (Å²) in [4.78, 5) is 126. The van der Waals surface area contributed by atoms with Gasteiger partial charge in [0.1, 0.15) is 25.0 Å². The van der Waals surface area contributed by atoms with Crippen LogP contribution >= 0.6 is 0 Å². The molecule has 0 aliphatic carbocycles. The minimum atomic E-state index is -1.56. The third-order valence-corrected chi connectivity index (χ3v) is 13.3. The number of carbonyl (C=O) groups is 10. The number of amides is 2. The molecule has 0 fully saturated rings. The lowest BCUT2D eigenvalue weighted by molar-refractivity contribution is -0.144. The van der Waals surface area contributed by atoms with Gasteiger partial charge < -0.3 is 56.4 Å². The molecule has 0 saturated carbocycles. The lowest BCUT2D eigenvalue weighted by Gasteiger charge is -2.24. The first-order valence-electron chi connectivity index (χ1n) is 29.5. The van der Waals surface area contributed by atoms with E-state index in [1.807, 2.05) is 0 Å². The number of ether oxygens (including phenoxy) is 4. The van der Waals surface area contributed by atoms with Gasteiger partial charge in [0.25, 0.3) is 0 Å². The predicted octanol–water partition coefficient (Wildman–Crippen LogP) is 5.09. The number of aliphatic carboxylic acids is 3. The highest BCUT2D eigenvalue weighted by molar-refractivity contribution is 6.41. The monoisotopic (exact) mass is 1140 g/mol. The van der Waals surface area contributed by atoms with E-state index in [9.17, 15) is 58.2 Å². The minimum Gasteiger partial charge on any atom is -0.481 e. The van der Waals surface area contributed by atoms with Crippen molar-refractivity contribution in [2.45, 2.75) is 218 Å². The predicted molar refractivity (Wildman–Crippen MR) is 300 cm³/mol. The summed E-state index contributed by atoms with van der Waals surface area (Å²) in [7, 11) is 0. The molecule has 0 spiro atoms. The molecule has 0 aromatic rings. The number of rotatable bonds is 60. The third kappa shape index (κ3) is 44.1. The Labute approximate surface area is 474 Å². The maximum absolute atomic E-state index is 13.8. The SMILES string of the molecule is CC(C)C(=O)COCCOCCCC(=O)COCCOCCNN[C@@H](CCCCN)C(=O)C(=O)C(CCC(=O)O)NC(=O)[C@H](CCCCN)NC(=O)CC[C@H](CC(=O)CCCCCCCCCCCCCCCCC(=O)O)C(=O)O. The summed E-state index contributed by atoms with van der Waals surface area (Å²) >= 11 is 0. The molecule has 11 N–H and O–H groups in total. The second kappa shape index (κ2) is 51.3. The van der Waals surface area contributed by atoms with Crippen molar-refractivity contribution in [1.29, 1.82) is 0 Å². The number of hydrogen-bond acceptors (Lipinski definition) is 18. The molecule has 0 rings (SSSR count). The number of Topliss-reactive ketones (excluding diaryl/α,β-unsaturated/α-hetero) is 5. The topological polar surface area (TPSA) is 368 Å². The molecule has 2 amide bonds. The van der Waals surface area contributed by atoms with Crippen molar-refractivity contribution >= 4 is 58.6 Å². The number of unbranched alkanes of at least 4 members (excludes halogenated alkanes) is 15. The maximum atomic E-state index is 13.8. The van der Waals surface area contributed by atoms with Gasteiger partial charge in [-0.15, -0.1) is 0 Å². The lowest BCUT2D eigenvalue weighted by atomic mass is 9.94. The minimum absolute atomic E-state index is 0.0220. The molecule has 0 heterocycles. The maximum Gasteiger partial charge on any atom is 0.306 e. The Morgan fingerprint density at radius 3 is 1.46 bits per heavy atom. The average molecular weight is 1140 g/mol. The summed E-state index contributed by atoms with van der Waals surface area (Å²) in [5, 5.41) is 33.2. The van der Waals surface area contributed by atoms with E-state index in [1.54, 1.807) is 13.8 Å². The van der Waals surface area contributed by atoms with Crippen LogP contribution in [0.25, 0.3) is 0 Å². The van der Waals surface area contributed by atoms with Gasteiger partial charge in [-0.3, -0.25) is 53.4 Å². The van der Waals surface area contributed by atoms with E-state index in [0.717, 1.165) is 57.8 Å². The average Bonchev–Trinajstić information content (AvgIpc) is 3.41. The van der Waals surface area contributed by atoms with Gasteiger partial charge in [0.15, 0.2) is 11.6 Å². The fourth-order valence-corrected chi connectivity index (χ4v) is 8.38. The first-order valence-corrected chi connectivity index (χ1v) is 29.5. The zero-order chi connectivity index (χ0) is 59.6. The molecule has 1 unspecified atom stereocenters. The summed E-state index contributed by atoms with van der Waals surface area (Å²) in [6.45, 7) is 5.82. The van der Waals surface area contributed by atoms with E-state index in [1.165, 1.54) is 25.7 Å². The molecule has 0 radical (unpaired) electrons. The van der Waals surface area contributed by atoms with E-state index in [2.05, 4.69) is 21.5 Å². The van der Waals surface area contributed by atoms with Crippen molar-refractivity contribution in [1.82, 2.24) is 21.5 Å². The van der Waals surface area contributed by atoms with Gasteiger partial charge in [-0.05, 0) is 77.3 Å². The van der Waals surface area contributed by atoms with Crippen LogP contribution in [0.5, 0.6) is 0 Å². The molecule has 462 valence electrons. The number of nitrogens with one attached hydrogen (secondary N) is 4. The highest BCUT2D eigenvalue weighted by Gasteiger charge is 2.34. The van der Waals surface area contributed by atoms with Gasteiger partial charge in [0, 0.05) is 57.6 Å². The Morgan fingerprint density at radius 1 is 0.438 bits per heavy atom. The molecule has 4 atom stereocenters. The van der Waals surface area contributed by atoms with E-state index in [0.29, 0.717) is 64.9 Å². The van der Waals surface area contributed by atoms with Crippen LogP contribution in [0.15, 0.2) is 0 Å². The van der Waals surface area contributed by atoms with Crippen molar-refractivity contribution in [3.05, 3.63) is 0 Å². The number of nitrogens with two attached hydrogens (primary N) is 2. The van der Waals surface area contributed by atoms with Crippen LogP contribution in [0.2, 0.25) is 0 Å². The lowest BCUT2D eigenvalue weighted by Crippen LogP contribution is -2.56. The number of carbonyl (C=O) groups excluding carboxylic acids is 7. The quantitative estimate of drug-likeness (QED) is 0.0218. The van der Waals surface area contributed by atoms with Crippen LogP contribution in [0.4, 0.5) is 0 Å². The Bertz CT molecular complexity index is 1750. The zero-order valence-corrected chi connectivity index (χ0v) is 48.4. The van der Waals surface area contributed by atoms with E-state index < -0.39 is 78.2 Å². The van der Waals surface area contributed by atoms with Crippen molar-refractivity contribution in [3.63, 3.8) is 0 Å². The molecular weight excluding hydrogens is 1040 g/mol. The molecule has 0 aliphatic rings. The standard InChI is InChI=1S/C57H102N6O17/c1-43(2)50(66)42-80-39-36-77-34-21-23-46(65)41-79-38-37-78-35-33-60-63-48(24-17-19-31-58)55(73)54(72)47(28-30-53(70)71)62-56(74)49(25-18-20-32-59)61-51(67)29-27-44(57(75)76)40-45(64)22-15-13-11-9-7-5-3-4-6-8-10-12-14-16-26-52(68)69/h43-44,47-49,60,63H,3-42,58-59H2,1-2H3,(H,61,67)(H,62,74)(H,68,69)(H,70,71)(H,75,76)/t44-,47?,48+,49+/m1/s1. The van der Waals surface area contributed by atoms with Crippen LogP contribution in [-0.2, 0) is 66.9 Å². The van der Waals surface area contributed by atoms with Gasteiger partial charge in [0.2, 0.25) is 23.4 Å². The molecule has 0 aromatic carbocycles. The summed E-state index contributed by atoms with van der Waals surface area (Å²) < 4.78 is 21.6. The Morgan fingerprint density at radius 2 is 0.925 bits per heavy atom. The molecule has 23 nitrogen and oxygen atoms in total. The van der Waals surface area contributed by atoms with Crippen molar-refractivity contribution < 1.29 is 82.2 Å². The van der Waals surface area contributed by atoms with Gasteiger partial charge in [-0.1, -0.05) is 97.3 Å². The van der Waals surface area contributed by atoms with Gasteiger partial charge in [0.05, 0.1) is 51.0 Å². The Kier molecular flexibility index (Phi) is 48.3. The summed E-state index contributed by atoms with van der Waals surface area (Å²) in [5.41, 5.74) is 17.1. The van der Waals surface area contributed by atoms with Gasteiger partial charge >= 0.3 is 17.9 Å². The zero-order valence-electron chi connectivity index (χ0n) is 48.4. The number of hydrazine groups is 1. The highest BCUT2D eigenvalue weighted by atomic mass is 16.5. The molecule has 0 aliphatic heterocycles.